The number of rotatable bonds is 5. The van der Waals surface area contributed by atoms with Gasteiger partial charge in [0, 0.05) is 19.8 Å². The second-order valence-electron chi connectivity index (χ2n) is 7.78. The van der Waals surface area contributed by atoms with Crippen LogP contribution in [0.1, 0.15) is 87.0 Å². The molecule has 0 amide bonds. The second-order valence-corrected chi connectivity index (χ2v) is 7.78. The molecule has 1 aliphatic carbocycles. The average Bonchev–Trinajstić information content (AvgIpc) is 2.21. The molecule has 1 rings (SSSR count). The molecule has 0 aromatic rings. The summed E-state index contributed by atoms with van der Waals surface area (Å²) in [5.74, 6) is 1.04. The van der Waals surface area contributed by atoms with Crippen molar-refractivity contribution in [2.45, 2.75) is 92.6 Å². The van der Waals surface area contributed by atoms with E-state index >= 15 is 0 Å². The molecular formula is C18H34O3. The van der Waals surface area contributed by atoms with E-state index in [2.05, 4.69) is 20.8 Å². The lowest BCUT2D eigenvalue weighted by atomic mass is 9.62. The van der Waals surface area contributed by atoms with Gasteiger partial charge in [0.15, 0.2) is 0 Å². The van der Waals surface area contributed by atoms with E-state index in [1.165, 1.54) is 32.6 Å². The monoisotopic (exact) mass is 298 g/mol. The molecular weight excluding hydrogens is 264 g/mol. The van der Waals surface area contributed by atoms with Crippen molar-refractivity contribution in [3.8, 4) is 0 Å². The fraction of sp³-hybridized carbons (Fsp3) is 0.889. The van der Waals surface area contributed by atoms with Crippen LogP contribution < -0.4 is 0 Å². The Bertz CT molecular complexity index is 329. The molecule has 0 spiro atoms. The van der Waals surface area contributed by atoms with Crippen LogP contribution in [0.3, 0.4) is 0 Å². The van der Waals surface area contributed by atoms with Crippen LogP contribution >= 0.6 is 0 Å². The van der Waals surface area contributed by atoms with Gasteiger partial charge in [0.05, 0.1) is 0 Å². The van der Waals surface area contributed by atoms with Gasteiger partial charge in [-0.25, -0.2) is 0 Å². The maximum atomic E-state index is 11.0. The molecule has 1 saturated carbocycles. The molecule has 3 nitrogen and oxygen atoms in total. The minimum atomic E-state index is -0.328. The molecule has 1 aliphatic rings. The summed E-state index contributed by atoms with van der Waals surface area (Å²) >= 11 is 0. The van der Waals surface area contributed by atoms with Crippen molar-refractivity contribution in [3.05, 3.63) is 0 Å². The highest BCUT2D eigenvalue weighted by Crippen LogP contribution is 2.46. The Labute approximate surface area is 130 Å². The third-order valence-corrected chi connectivity index (χ3v) is 3.63. The third kappa shape index (κ3) is 9.65. The first-order valence-electron chi connectivity index (χ1n) is 8.21. The van der Waals surface area contributed by atoms with E-state index < -0.39 is 0 Å². The predicted octanol–water partition coefficient (Wildman–Crippen LogP) is 4.92. The SMILES string of the molecule is CC(=O)OC(C)(C)C.CCCC1(CCC(C)C)CC(=O)C1. The van der Waals surface area contributed by atoms with Gasteiger partial charge in [0.2, 0.25) is 0 Å². The van der Waals surface area contributed by atoms with Crippen LogP contribution in [0.25, 0.3) is 0 Å². The van der Waals surface area contributed by atoms with E-state index in [-0.39, 0.29) is 11.6 Å². The van der Waals surface area contributed by atoms with Crippen LogP contribution in [0.5, 0.6) is 0 Å². The third-order valence-electron chi connectivity index (χ3n) is 3.63. The Balaban J connectivity index is 0.000000433. The van der Waals surface area contributed by atoms with Gasteiger partial charge in [-0.15, -0.1) is 0 Å². The van der Waals surface area contributed by atoms with Gasteiger partial charge < -0.3 is 4.74 Å². The molecule has 0 atom stereocenters. The minimum absolute atomic E-state index is 0.225. The van der Waals surface area contributed by atoms with Crippen molar-refractivity contribution in [1.29, 1.82) is 0 Å². The smallest absolute Gasteiger partial charge is 0.303 e. The number of carbonyl (C=O) groups excluding carboxylic acids is 2. The number of esters is 1. The highest BCUT2D eigenvalue weighted by molar-refractivity contribution is 5.86. The Kier molecular flexibility index (Phi) is 8.20. The predicted molar refractivity (Wildman–Crippen MR) is 87.2 cm³/mol. The molecule has 0 aromatic heterocycles. The summed E-state index contributed by atoms with van der Waals surface area (Å²) in [5, 5.41) is 0. The van der Waals surface area contributed by atoms with Crippen LogP contribution in [-0.4, -0.2) is 17.4 Å². The van der Waals surface area contributed by atoms with Crippen LogP contribution in [0.4, 0.5) is 0 Å². The summed E-state index contributed by atoms with van der Waals surface area (Å²) in [7, 11) is 0. The Morgan fingerprint density at radius 3 is 2.00 bits per heavy atom. The van der Waals surface area contributed by atoms with Gasteiger partial charge in [-0.3, -0.25) is 9.59 Å². The maximum Gasteiger partial charge on any atom is 0.303 e. The first-order valence-corrected chi connectivity index (χ1v) is 8.21. The van der Waals surface area contributed by atoms with E-state index in [0.717, 1.165) is 18.8 Å². The van der Waals surface area contributed by atoms with Gasteiger partial charge in [0.1, 0.15) is 11.4 Å². The zero-order valence-corrected chi connectivity index (χ0v) is 15.0. The van der Waals surface area contributed by atoms with Gasteiger partial charge in [0.25, 0.3) is 0 Å². The lowest BCUT2D eigenvalue weighted by Gasteiger charge is -2.41. The topological polar surface area (TPSA) is 43.4 Å². The molecule has 0 unspecified atom stereocenters. The molecule has 124 valence electrons. The Hall–Kier alpha value is -0.860. The standard InChI is InChI=1S/C12H22O.C6H12O2/c1-4-6-12(7-5-10(2)3)8-11(13)9-12;1-5(7)8-6(2,3)4/h10H,4-9H2,1-3H3;1-4H3. The molecule has 0 N–H and O–H groups in total. The van der Waals surface area contributed by atoms with Crippen molar-refractivity contribution in [2.75, 3.05) is 0 Å². The first-order chi connectivity index (χ1) is 9.49. The van der Waals surface area contributed by atoms with E-state index in [9.17, 15) is 9.59 Å². The quantitative estimate of drug-likeness (QED) is 0.677. The number of Topliss-reactive ketones (excluding diaryl/α,β-unsaturated/α-hetero) is 1. The average molecular weight is 298 g/mol. The molecule has 0 aromatic carbocycles. The van der Waals surface area contributed by atoms with Gasteiger partial charge in [-0.05, 0) is 44.9 Å². The maximum absolute atomic E-state index is 11.0. The van der Waals surface area contributed by atoms with Crippen molar-refractivity contribution >= 4 is 11.8 Å². The normalized spacial score (nSPS) is 16.9. The molecule has 0 aliphatic heterocycles. The molecule has 3 heteroatoms. The lowest BCUT2D eigenvalue weighted by Crippen LogP contribution is -2.37. The highest BCUT2D eigenvalue weighted by Gasteiger charge is 2.41. The number of carbonyl (C=O) groups is 2. The summed E-state index contributed by atoms with van der Waals surface area (Å²) in [6.45, 7) is 13.7. The van der Waals surface area contributed by atoms with Crippen molar-refractivity contribution in [2.24, 2.45) is 11.3 Å². The number of hydrogen-bond donors (Lipinski definition) is 0. The molecule has 0 saturated heterocycles. The molecule has 0 heterocycles. The molecule has 0 radical (unpaired) electrons. The summed E-state index contributed by atoms with van der Waals surface area (Å²) in [5.41, 5.74) is 0.0991. The number of ether oxygens (including phenoxy) is 1. The molecule has 1 fully saturated rings. The van der Waals surface area contributed by atoms with E-state index in [1.54, 1.807) is 0 Å². The minimum Gasteiger partial charge on any atom is -0.460 e. The summed E-state index contributed by atoms with van der Waals surface area (Å²) in [6.07, 6.45) is 6.77. The molecule has 0 bridgehead atoms. The van der Waals surface area contributed by atoms with Gasteiger partial charge in [-0.1, -0.05) is 33.6 Å². The van der Waals surface area contributed by atoms with Crippen molar-refractivity contribution < 1.29 is 14.3 Å². The first kappa shape index (κ1) is 20.1. The molecule has 21 heavy (non-hydrogen) atoms. The lowest BCUT2D eigenvalue weighted by molar-refractivity contribution is -0.151. The largest absolute Gasteiger partial charge is 0.460 e. The Morgan fingerprint density at radius 1 is 1.24 bits per heavy atom. The fourth-order valence-electron chi connectivity index (χ4n) is 2.82. The number of ketones is 1. The van der Waals surface area contributed by atoms with Crippen LogP contribution in [0, 0.1) is 11.3 Å². The van der Waals surface area contributed by atoms with Crippen molar-refractivity contribution in [3.63, 3.8) is 0 Å². The van der Waals surface area contributed by atoms with E-state index in [0.29, 0.717) is 11.2 Å². The zero-order chi connectivity index (χ0) is 16.7. The van der Waals surface area contributed by atoms with Crippen LogP contribution in [-0.2, 0) is 14.3 Å². The zero-order valence-electron chi connectivity index (χ0n) is 15.0. The van der Waals surface area contributed by atoms with Gasteiger partial charge in [-0.2, -0.15) is 0 Å². The highest BCUT2D eigenvalue weighted by atomic mass is 16.6. The second kappa shape index (κ2) is 8.55. The van der Waals surface area contributed by atoms with E-state index in [1.807, 2.05) is 20.8 Å². The van der Waals surface area contributed by atoms with Crippen molar-refractivity contribution in [1.82, 2.24) is 0 Å². The van der Waals surface area contributed by atoms with Crippen LogP contribution in [0.2, 0.25) is 0 Å². The summed E-state index contributed by atoms with van der Waals surface area (Å²) in [4.78, 5) is 21.3. The van der Waals surface area contributed by atoms with E-state index in [4.69, 9.17) is 4.74 Å². The summed E-state index contributed by atoms with van der Waals surface area (Å²) < 4.78 is 4.80. The number of hydrogen-bond acceptors (Lipinski definition) is 3. The van der Waals surface area contributed by atoms with Crippen LogP contribution in [0.15, 0.2) is 0 Å². The van der Waals surface area contributed by atoms with Gasteiger partial charge >= 0.3 is 5.97 Å². The summed E-state index contributed by atoms with van der Waals surface area (Å²) in [6, 6.07) is 0. The Morgan fingerprint density at radius 2 is 1.76 bits per heavy atom. The fourth-order valence-corrected chi connectivity index (χ4v) is 2.82.